The van der Waals surface area contributed by atoms with Crippen LogP contribution < -0.4 is 11.1 Å². The van der Waals surface area contributed by atoms with Crippen LogP contribution in [-0.4, -0.2) is 12.7 Å². The zero-order valence-corrected chi connectivity index (χ0v) is 9.77. The molecule has 5 heteroatoms. The first-order chi connectivity index (χ1) is 7.90. The molecule has 1 aromatic rings. The Morgan fingerprint density at radius 1 is 1.24 bits per heavy atom. The molecule has 2 nitrogen and oxygen atoms in total. The molecule has 0 heterocycles. The van der Waals surface area contributed by atoms with Crippen molar-refractivity contribution in [3.8, 4) is 0 Å². The smallest absolute Gasteiger partial charge is 0.389 e. The highest BCUT2D eigenvalue weighted by Gasteiger charge is 2.25. The molecule has 0 unspecified atom stereocenters. The summed E-state index contributed by atoms with van der Waals surface area (Å²) in [5.41, 5.74) is 8.21. The number of unbranched alkanes of at least 4 members (excludes halogenated alkanes) is 1. The summed E-state index contributed by atoms with van der Waals surface area (Å²) >= 11 is 0. The van der Waals surface area contributed by atoms with E-state index in [2.05, 4.69) is 5.32 Å². The van der Waals surface area contributed by atoms with Crippen molar-refractivity contribution in [2.24, 2.45) is 0 Å². The fourth-order valence-electron chi connectivity index (χ4n) is 1.60. The molecule has 0 saturated carbocycles. The van der Waals surface area contributed by atoms with E-state index in [1.807, 2.05) is 19.1 Å². The summed E-state index contributed by atoms with van der Waals surface area (Å²) < 4.78 is 35.7. The number of alkyl halides is 3. The summed E-state index contributed by atoms with van der Waals surface area (Å²) in [5, 5.41) is 3.08. The monoisotopic (exact) mass is 246 g/mol. The molecule has 17 heavy (non-hydrogen) atoms. The third-order valence-electron chi connectivity index (χ3n) is 2.49. The van der Waals surface area contributed by atoms with Crippen molar-refractivity contribution in [2.45, 2.75) is 32.4 Å². The molecule has 0 aromatic heterocycles. The molecular formula is C12H17F3N2. The summed E-state index contributed by atoms with van der Waals surface area (Å²) in [4.78, 5) is 0. The Morgan fingerprint density at radius 2 is 1.94 bits per heavy atom. The second-order valence-corrected chi connectivity index (χ2v) is 4.04. The first-order valence-corrected chi connectivity index (χ1v) is 5.56. The van der Waals surface area contributed by atoms with Gasteiger partial charge in [-0.15, -0.1) is 0 Å². The summed E-state index contributed by atoms with van der Waals surface area (Å²) in [7, 11) is 0. The maximum atomic E-state index is 11.9. The predicted octanol–water partition coefficient (Wildman–Crippen LogP) is 3.72. The highest BCUT2D eigenvalue weighted by atomic mass is 19.4. The van der Waals surface area contributed by atoms with Crippen LogP contribution in [0.5, 0.6) is 0 Å². The number of halogens is 3. The molecule has 0 spiro atoms. The number of rotatable bonds is 5. The van der Waals surface area contributed by atoms with Gasteiger partial charge in [0.2, 0.25) is 0 Å². The Morgan fingerprint density at radius 3 is 2.53 bits per heavy atom. The largest absolute Gasteiger partial charge is 0.397 e. The standard InChI is InChI=1S/C12H17F3N2/c1-9-5-4-6-10(16)11(9)17-8-3-2-7-12(13,14)15/h4-6,17H,2-3,7-8,16H2,1H3. The van der Waals surface area contributed by atoms with E-state index >= 15 is 0 Å². The molecule has 96 valence electrons. The molecule has 0 aliphatic carbocycles. The SMILES string of the molecule is Cc1cccc(N)c1NCCCCC(F)(F)F. The Hall–Kier alpha value is -1.39. The zero-order valence-electron chi connectivity index (χ0n) is 9.77. The van der Waals surface area contributed by atoms with E-state index in [1.54, 1.807) is 6.07 Å². The van der Waals surface area contributed by atoms with E-state index < -0.39 is 12.6 Å². The first kappa shape index (κ1) is 13.7. The van der Waals surface area contributed by atoms with Crippen molar-refractivity contribution in [1.82, 2.24) is 0 Å². The van der Waals surface area contributed by atoms with Gasteiger partial charge in [0, 0.05) is 13.0 Å². The van der Waals surface area contributed by atoms with Crippen molar-refractivity contribution in [3.63, 3.8) is 0 Å². The molecule has 0 saturated heterocycles. The third kappa shape index (κ3) is 4.97. The van der Waals surface area contributed by atoms with Gasteiger partial charge >= 0.3 is 6.18 Å². The van der Waals surface area contributed by atoms with Gasteiger partial charge in [-0.3, -0.25) is 0 Å². The van der Waals surface area contributed by atoms with Gasteiger partial charge < -0.3 is 11.1 Å². The lowest BCUT2D eigenvalue weighted by molar-refractivity contribution is -0.135. The van der Waals surface area contributed by atoms with Crippen molar-refractivity contribution < 1.29 is 13.2 Å². The van der Waals surface area contributed by atoms with Crippen molar-refractivity contribution in [2.75, 3.05) is 17.6 Å². The van der Waals surface area contributed by atoms with Crippen LogP contribution in [0.15, 0.2) is 18.2 Å². The van der Waals surface area contributed by atoms with Crippen molar-refractivity contribution in [3.05, 3.63) is 23.8 Å². The van der Waals surface area contributed by atoms with Gasteiger partial charge in [-0.25, -0.2) is 0 Å². The lowest BCUT2D eigenvalue weighted by Crippen LogP contribution is -2.09. The Balaban J connectivity index is 2.32. The number of benzene rings is 1. The molecule has 0 fully saturated rings. The van der Waals surface area contributed by atoms with Crippen molar-refractivity contribution >= 4 is 11.4 Å². The molecule has 0 aliphatic rings. The normalized spacial score (nSPS) is 11.5. The van der Waals surface area contributed by atoms with Gasteiger partial charge in [-0.1, -0.05) is 12.1 Å². The van der Waals surface area contributed by atoms with Crippen LogP contribution in [0.4, 0.5) is 24.5 Å². The van der Waals surface area contributed by atoms with Gasteiger partial charge in [-0.05, 0) is 31.4 Å². The number of hydrogen-bond donors (Lipinski definition) is 2. The van der Waals surface area contributed by atoms with E-state index in [-0.39, 0.29) is 6.42 Å². The summed E-state index contributed by atoms with van der Waals surface area (Å²) in [6, 6.07) is 5.53. The van der Waals surface area contributed by atoms with Crippen LogP contribution in [-0.2, 0) is 0 Å². The average Bonchev–Trinajstić information content (AvgIpc) is 2.20. The number of nitrogen functional groups attached to an aromatic ring is 1. The summed E-state index contributed by atoms with van der Waals surface area (Å²) in [5.74, 6) is 0. The Kier molecular flexibility index (Phi) is 4.66. The van der Waals surface area contributed by atoms with E-state index in [0.717, 1.165) is 11.3 Å². The van der Waals surface area contributed by atoms with Crippen LogP contribution in [0, 0.1) is 6.92 Å². The number of hydrogen-bond acceptors (Lipinski definition) is 2. The maximum Gasteiger partial charge on any atom is 0.389 e. The minimum Gasteiger partial charge on any atom is -0.397 e. The highest BCUT2D eigenvalue weighted by Crippen LogP contribution is 2.24. The fourth-order valence-corrected chi connectivity index (χ4v) is 1.60. The number of nitrogens with two attached hydrogens (primary N) is 1. The number of para-hydroxylation sites is 1. The second kappa shape index (κ2) is 5.80. The van der Waals surface area contributed by atoms with E-state index in [4.69, 9.17) is 5.73 Å². The molecule has 3 N–H and O–H groups in total. The topological polar surface area (TPSA) is 38.0 Å². The van der Waals surface area contributed by atoms with Gasteiger partial charge in [0.1, 0.15) is 0 Å². The molecule has 1 rings (SSSR count). The summed E-state index contributed by atoms with van der Waals surface area (Å²) in [6.07, 6.45) is -4.16. The van der Waals surface area contributed by atoms with Crippen molar-refractivity contribution in [1.29, 1.82) is 0 Å². The zero-order chi connectivity index (χ0) is 12.9. The first-order valence-electron chi connectivity index (χ1n) is 5.56. The Bertz CT molecular complexity index is 341. The summed E-state index contributed by atoms with van der Waals surface area (Å²) in [6.45, 7) is 2.42. The number of anilines is 2. The lowest BCUT2D eigenvalue weighted by atomic mass is 10.1. The van der Waals surface area contributed by atoms with E-state index in [9.17, 15) is 13.2 Å². The van der Waals surface area contributed by atoms with E-state index in [0.29, 0.717) is 18.7 Å². The number of nitrogens with one attached hydrogen (secondary N) is 1. The third-order valence-corrected chi connectivity index (χ3v) is 2.49. The van der Waals surface area contributed by atoms with Crippen LogP contribution in [0.25, 0.3) is 0 Å². The second-order valence-electron chi connectivity index (χ2n) is 4.04. The van der Waals surface area contributed by atoms with Crippen LogP contribution in [0.1, 0.15) is 24.8 Å². The van der Waals surface area contributed by atoms with Crippen LogP contribution in [0.3, 0.4) is 0 Å². The molecule has 0 bridgehead atoms. The van der Waals surface area contributed by atoms with Crippen LogP contribution in [0.2, 0.25) is 0 Å². The predicted molar refractivity (Wildman–Crippen MR) is 64.0 cm³/mol. The molecule has 0 amide bonds. The van der Waals surface area contributed by atoms with Gasteiger partial charge in [0.05, 0.1) is 11.4 Å². The van der Waals surface area contributed by atoms with Crippen LogP contribution >= 0.6 is 0 Å². The Labute approximate surface area is 99.0 Å². The molecule has 0 radical (unpaired) electrons. The van der Waals surface area contributed by atoms with E-state index in [1.165, 1.54) is 0 Å². The minimum atomic E-state index is -4.05. The lowest BCUT2D eigenvalue weighted by Gasteiger charge is -2.12. The maximum absolute atomic E-state index is 11.9. The highest BCUT2D eigenvalue weighted by molar-refractivity contribution is 5.69. The quantitative estimate of drug-likeness (QED) is 0.613. The minimum absolute atomic E-state index is 0.141. The fraction of sp³-hybridized carbons (Fsp3) is 0.500. The average molecular weight is 246 g/mol. The van der Waals surface area contributed by atoms with Gasteiger partial charge in [0.15, 0.2) is 0 Å². The van der Waals surface area contributed by atoms with Gasteiger partial charge in [0.25, 0.3) is 0 Å². The molecule has 1 aromatic carbocycles. The molecule has 0 atom stereocenters. The molecular weight excluding hydrogens is 229 g/mol. The van der Waals surface area contributed by atoms with Gasteiger partial charge in [-0.2, -0.15) is 13.2 Å². The molecule has 0 aliphatic heterocycles. The number of aryl methyl sites for hydroxylation is 1.